The van der Waals surface area contributed by atoms with E-state index in [0.717, 1.165) is 0 Å². The van der Waals surface area contributed by atoms with Crippen molar-refractivity contribution in [2.24, 2.45) is 10.8 Å². The number of piperidine rings is 1. The Balaban J connectivity index is 1.72. The van der Waals surface area contributed by atoms with Crippen molar-refractivity contribution in [1.29, 1.82) is 10.7 Å². The number of hydrazone groups is 1. The fourth-order valence-corrected chi connectivity index (χ4v) is 3.42. The molecule has 1 fully saturated rings. The van der Waals surface area contributed by atoms with E-state index in [9.17, 15) is 9.59 Å². The monoisotopic (exact) mass is 398 g/mol. The summed E-state index contributed by atoms with van der Waals surface area (Å²) in [6, 6.07) is 6.64. The summed E-state index contributed by atoms with van der Waals surface area (Å²) in [4.78, 5) is 26.3. The molecule has 2 aliphatic heterocycles. The van der Waals surface area contributed by atoms with Gasteiger partial charge in [-0.15, -0.1) is 0 Å². The molecule has 2 heterocycles. The van der Waals surface area contributed by atoms with Gasteiger partial charge in [-0.2, -0.15) is 10.4 Å². The van der Waals surface area contributed by atoms with E-state index in [1.807, 2.05) is 0 Å². The highest BCUT2D eigenvalue weighted by atomic mass is 16.6. The van der Waals surface area contributed by atoms with Crippen LogP contribution in [0, 0.1) is 16.7 Å². The van der Waals surface area contributed by atoms with Gasteiger partial charge in [-0.05, 0) is 25.1 Å². The van der Waals surface area contributed by atoms with Crippen LogP contribution in [0.3, 0.4) is 0 Å². The van der Waals surface area contributed by atoms with Gasteiger partial charge in [0, 0.05) is 25.9 Å². The minimum atomic E-state index is -0.622. The number of hydrogen-bond acceptors (Lipinski definition) is 8. The van der Waals surface area contributed by atoms with Crippen LogP contribution in [0.15, 0.2) is 23.3 Å². The van der Waals surface area contributed by atoms with Crippen LogP contribution >= 0.6 is 0 Å². The van der Waals surface area contributed by atoms with E-state index in [1.54, 1.807) is 36.1 Å². The molecule has 3 rings (SSSR count). The minimum Gasteiger partial charge on any atom is -0.486 e. The average molecular weight is 398 g/mol. The molecule has 10 nitrogen and oxygen atoms in total. The molecule has 0 bridgehead atoms. The Labute approximate surface area is 167 Å². The van der Waals surface area contributed by atoms with E-state index in [4.69, 9.17) is 25.9 Å². The van der Waals surface area contributed by atoms with Crippen LogP contribution in [0.2, 0.25) is 0 Å². The maximum Gasteiger partial charge on any atom is 0.409 e. The lowest BCUT2D eigenvalue weighted by atomic mass is 9.82. The largest absolute Gasteiger partial charge is 0.486 e. The first-order chi connectivity index (χ1) is 13.9. The van der Waals surface area contributed by atoms with Crippen LogP contribution in [0.5, 0.6) is 5.75 Å². The summed E-state index contributed by atoms with van der Waals surface area (Å²) in [6.45, 7) is 3.03. The highest BCUT2D eigenvalue weighted by Gasteiger charge is 2.44. The summed E-state index contributed by atoms with van der Waals surface area (Å²) in [6.07, 6.45) is 0.973. The number of Topliss-reactive ketones (excluding diaryl/α,β-unsaturated/α-hetero) is 1. The maximum atomic E-state index is 12.8. The number of anilines is 1. The van der Waals surface area contributed by atoms with Crippen LogP contribution in [-0.2, 0) is 4.74 Å². The zero-order valence-corrected chi connectivity index (χ0v) is 16.0. The van der Waals surface area contributed by atoms with Gasteiger partial charge < -0.3 is 20.1 Å². The second-order valence-corrected chi connectivity index (χ2v) is 6.88. The number of ketones is 1. The molecule has 1 aromatic carbocycles. The molecule has 152 valence electrons. The topological polar surface area (TPSA) is 154 Å². The smallest absolute Gasteiger partial charge is 0.409 e. The molecule has 4 N–H and O–H groups in total. The quantitative estimate of drug-likeness (QED) is 0.397. The number of likely N-dealkylation sites (tertiary alicyclic amines) is 1. The van der Waals surface area contributed by atoms with Gasteiger partial charge in [-0.25, -0.2) is 4.79 Å². The number of rotatable bonds is 4. The van der Waals surface area contributed by atoms with Crippen LogP contribution in [-0.4, -0.2) is 53.6 Å². The normalized spacial score (nSPS) is 17.7. The van der Waals surface area contributed by atoms with E-state index in [-0.39, 0.29) is 24.0 Å². The summed E-state index contributed by atoms with van der Waals surface area (Å²) in [5, 5.41) is 19.9. The van der Waals surface area contributed by atoms with Gasteiger partial charge in [0.2, 0.25) is 5.71 Å². The van der Waals surface area contributed by atoms with E-state index in [2.05, 4.69) is 10.5 Å². The van der Waals surface area contributed by atoms with Crippen molar-refractivity contribution < 1.29 is 19.1 Å². The Morgan fingerprint density at radius 1 is 1.48 bits per heavy atom. The van der Waals surface area contributed by atoms with Crippen molar-refractivity contribution >= 4 is 29.1 Å². The predicted octanol–water partition coefficient (Wildman–Crippen LogP) is 1.87. The van der Waals surface area contributed by atoms with Crippen molar-refractivity contribution in [2.45, 2.75) is 31.8 Å². The van der Waals surface area contributed by atoms with Crippen molar-refractivity contribution in [3.63, 3.8) is 0 Å². The van der Waals surface area contributed by atoms with Crippen LogP contribution < -0.4 is 15.9 Å². The molecule has 2 aliphatic rings. The summed E-state index contributed by atoms with van der Waals surface area (Å²) >= 11 is 0. The zero-order valence-electron chi connectivity index (χ0n) is 16.0. The van der Waals surface area contributed by atoms with Crippen LogP contribution in [0.4, 0.5) is 10.5 Å². The Bertz CT molecular complexity index is 912. The molecule has 1 saturated heterocycles. The van der Waals surface area contributed by atoms with Gasteiger partial charge in [0.15, 0.2) is 11.6 Å². The van der Waals surface area contributed by atoms with E-state index < -0.39 is 11.4 Å². The third-order valence-corrected chi connectivity index (χ3v) is 4.95. The molecule has 0 saturated carbocycles. The Morgan fingerprint density at radius 2 is 2.21 bits per heavy atom. The lowest BCUT2D eigenvalue weighted by Gasteiger charge is -2.43. The second kappa shape index (κ2) is 8.18. The van der Waals surface area contributed by atoms with Crippen molar-refractivity contribution in [3.8, 4) is 11.8 Å². The van der Waals surface area contributed by atoms with Crippen LogP contribution in [0.25, 0.3) is 0 Å². The van der Waals surface area contributed by atoms with Gasteiger partial charge in [0.05, 0.1) is 24.3 Å². The molecular formula is C19H22N6O4. The Kier molecular flexibility index (Phi) is 5.68. The maximum absolute atomic E-state index is 12.8. The predicted molar refractivity (Wildman–Crippen MR) is 105 cm³/mol. The number of nitrogens with zero attached hydrogens (tertiary/aromatic N) is 3. The SMILES string of the molecule is CCOC(=O)N1CCC2(CC1)CC(=O)c1cc(N/N=C(\C#N)C(=N)N)ccc1O2. The molecule has 1 aromatic rings. The van der Waals surface area contributed by atoms with Crippen LogP contribution in [0.1, 0.15) is 36.5 Å². The van der Waals surface area contributed by atoms with Crippen molar-refractivity contribution in [1.82, 2.24) is 4.90 Å². The number of hydrogen-bond donors (Lipinski definition) is 3. The Morgan fingerprint density at radius 3 is 2.83 bits per heavy atom. The lowest BCUT2D eigenvalue weighted by molar-refractivity contribution is -0.00857. The molecule has 0 unspecified atom stereocenters. The molecule has 1 spiro atoms. The molecule has 0 radical (unpaired) electrons. The van der Waals surface area contributed by atoms with Gasteiger partial charge >= 0.3 is 6.09 Å². The fraction of sp³-hybridized carbons (Fsp3) is 0.421. The number of nitrogens with two attached hydrogens (primary N) is 1. The summed E-state index contributed by atoms with van der Waals surface area (Å²) < 4.78 is 11.2. The number of amides is 1. The molecule has 1 amide bonds. The average Bonchev–Trinajstić information content (AvgIpc) is 2.69. The highest BCUT2D eigenvalue weighted by molar-refractivity contribution is 6.45. The Hall–Kier alpha value is -3.61. The number of ether oxygens (including phenoxy) is 2. The molecule has 0 atom stereocenters. The molecule has 0 aromatic heterocycles. The zero-order chi connectivity index (χ0) is 21.0. The minimum absolute atomic E-state index is 0.0597. The molecule has 10 heteroatoms. The van der Waals surface area contributed by atoms with E-state index in [1.165, 1.54) is 0 Å². The number of nitriles is 1. The summed E-state index contributed by atoms with van der Waals surface area (Å²) in [5.41, 5.74) is 7.90. The van der Waals surface area contributed by atoms with E-state index >= 15 is 0 Å². The summed E-state index contributed by atoms with van der Waals surface area (Å²) in [7, 11) is 0. The van der Waals surface area contributed by atoms with Gasteiger partial charge in [0.1, 0.15) is 17.4 Å². The fourth-order valence-electron chi connectivity index (χ4n) is 3.42. The molecular weight excluding hydrogens is 376 g/mol. The summed E-state index contributed by atoms with van der Waals surface area (Å²) in [5.74, 6) is -0.0311. The first-order valence-electron chi connectivity index (χ1n) is 9.23. The number of amidine groups is 1. The van der Waals surface area contributed by atoms with E-state index in [0.29, 0.717) is 49.5 Å². The molecule has 29 heavy (non-hydrogen) atoms. The highest BCUT2D eigenvalue weighted by Crippen LogP contribution is 2.40. The number of nitrogens with one attached hydrogen (secondary N) is 2. The third kappa shape index (κ3) is 4.29. The third-order valence-electron chi connectivity index (χ3n) is 4.95. The lowest BCUT2D eigenvalue weighted by Crippen LogP contribution is -2.52. The van der Waals surface area contributed by atoms with Gasteiger partial charge in [-0.1, -0.05) is 0 Å². The number of carbonyl (C=O) groups excluding carboxylic acids is 2. The van der Waals surface area contributed by atoms with Gasteiger partial charge in [-0.3, -0.25) is 15.6 Å². The first kappa shape index (κ1) is 20.1. The number of benzene rings is 1. The standard InChI is InChI=1S/C19H22N6O4/c1-2-28-18(27)25-7-5-19(6-8-25)10-15(26)13-9-12(3-4-16(13)29-19)23-24-14(11-20)17(21)22/h3-4,9,23H,2,5-8,10H2,1H3,(H3,21,22)/b24-14+. The first-order valence-corrected chi connectivity index (χ1v) is 9.23. The second-order valence-electron chi connectivity index (χ2n) is 6.88. The number of fused-ring (bicyclic) bond motifs is 1. The van der Waals surface area contributed by atoms with Crippen molar-refractivity contribution in [3.05, 3.63) is 23.8 Å². The molecule has 0 aliphatic carbocycles. The van der Waals surface area contributed by atoms with Gasteiger partial charge in [0.25, 0.3) is 0 Å². The van der Waals surface area contributed by atoms with Crippen molar-refractivity contribution in [2.75, 3.05) is 25.1 Å². The number of carbonyl (C=O) groups is 2.